The lowest BCUT2D eigenvalue weighted by Gasteiger charge is -2.13. The number of aryl methyl sites for hydroxylation is 2. The number of fused-ring (bicyclic) bond motifs is 6. The maximum atomic E-state index is 2.27. The Morgan fingerprint density at radius 1 is 0.500 bits per heavy atom. The summed E-state index contributed by atoms with van der Waals surface area (Å²) in [6.07, 6.45) is 0. The summed E-state index contributed by atoms with van der Waals surface area (Å²) in [4.78, 5) is 0. The van der Waals surface area contributed by atoms with E-state index in [-0.39, 0.29) is 0 Å². The quantitative estimate of drug-likeness (QED) is 0.351. The molecule has 0 N–H and O–H groups in total. The van der Waals surface area contributed by atoms with Crippen LogP contribution in [0.3, 0.4) is 0 Å². The van der Waals surface area contributed by atoms with E-state index in [2.05, 4.69) is 74.5 Å². The van der Waals surface area contributed by atoms with Crippen molar-refractivity contribution in [2.45, 2.75) is 13.8 Å². The summed E-state index contributed by atoms with van der Waals surface area (Å²) in [7, 11) is 0. The molecule has 0 nitrogen and oxygen atoms in total. The second kappa shape index (κ2) is 4.08. The summed E-state index contributed by atoms with van der Waals surface area (Å²) in [5.41, 5.74) is 2.75. The van der Waals surface area contributed by atoms with Crippen LogP contribution in [0.2, 0.25) is 0 Å². The summed E-state index contributed by atoms with van der Waals surface area (Å²) in [6.45, 7) is 4.43. The first-order valence-electron chi connectivity index (χ1n) is 7.07. The lowest BCUT2D eigenvalue weighted by molar-refractivity contribution is 1.39. The van der Waals surface area contributed by atoms with E-state index in [1.807, 2.05) is 0 Å². The largest absolute Gasteiger partial charge is 0.0616 e. The first-order valence-corrected chi connectivity index (χ1v) is 7.07. The summed E-state index contributed by atoms with van der Waals surface area (Å²) >= 11 is 0. The van der Waals surface area contributed by atoms with E-state index < -0.39 is 0 Å². The van der Waals surface area contributed by atoms with Crippen molar-refractivity contribution in [3.8, 4) is 0 Å². The van der Waals surface area contributed by atoms with Crippen LogP contribution in [0.1, 0.15) is 11.1 Å². The highest BCUT2D eigenvalue weighted by atomic mass is 14.1. The maximum Gasteiger partial charge on any atom is -0.00670 e. The van der Waals surface area contributed by atoms with Crippen molar-refractivity contribution in [3.05, 3.63) is 71.8 Å². The standard InChI is InChI=1S/C20H16/c1-13-11-12-19-17-9-4-3-7-15(17)16-8-5-6-10-18(16)20(19)14(13)2/h3-12H,1-2H3. The van der Waals surface area contributed by atoms with Gasteiger partial charge in [-0.25, -0.2) is 0 Å². The van der Waals surface area contributed by atoms with Crippen molar-refractivity contribution in [1.29, 1.82) is 0 Å². The van der Waals surface area contributed by atoms with Gasteiger partial charge in [-0.2, -0.15) is 0 Å². The molecule has 0 radical (unpaired) electrons. The van der Waals surface area contributed by atoms with Crippen molar-refractivity contribution in [2.24, 2.45) is 0 Å². The fourth-order valence-corrected chi connectivity index (χ4v) is 3.28. The molecule has 0 unspecified atom stereocenters. The van der Waals surface area contributed by atoms with Crippen molar-refractivity contribution >= 4 is 32.3 Å². The van der Waals surface area contributed by atoms with Gasteiger partial charge in [0.2, 0.25) is 0 Å². The Hall–Kier alpha value is -2.34. The van der Waals surface area contributed by atoms with Crippen LogP contribution in [0.15, 0.2) is 60.7 Å². The molecule has 0 saturated carbocycles. The van der Waals surface area contributed by atoms with E-state index in [1.165, 1.54) is 43.4 Å². The Morgan fingerprint density at radius 2 is 0.950 bits per heavy atom. The molecule has 4 aromatic rings. The van der Waals surface area contributed by atoms with E-state index in [9.17, 15) is 0 Å². The van der Waals surface area contributed by atoms with E-state index in [0.29, 0.717) is 0 Å². The molecule has 20 heavy (non-hydrogen) atoms. The molecule has 0 saturated heterocycles. The molecule has 0 aliphatic rings. The van der Waals surface area contributed by atoms with Crippen LogP contribution in [0.4, 0.5) is 0 Å². The molecule has 0 aliphatic heterocycles. The predicted octanol–water partition coefficient (Wildman–Crippen LogP) is 5.76. The molecule has 0 spiro atoms. The van der Waals surface area contributed by atoms with Gasteiger partial charge in [0.1, 0.15) is 0 Å². The molecule has 0 amide bonds. The number of hydrogen-bond acceptors (Lipinski definition) is 0. The number of hydrogen-bond donors (Lipinski definition) is 0. The first kappa shape index (κ1) is 11.5. The van der Waals surface area contributed by atoms with Gasteiger partial charge in [0.05, 0.1) is 0 Å². The van der Waals surface area contributed by atoms with Crippen LogP contribution in [-0.4, -0.2) is 0 Å². The Morgan fingerprint density at radius 3 is 1.55 bits per heavy atom. The van der Waals surface area contributed by atoms with Gasteiger partial charge in [-0.3, -0.25) is 0 Å². The molecule has 0 aliphatic carbocycles. The van der Waals surface area contributed by atoms with Crippen LogP contribution >= 0.6 is 0 Å². The number of rotatable bonds is 0. The van der Waals surface area contributed by atoms with Crippen molar-refractivity contribution in [2.75, 3.05) is 0 Å². The van der Waals surface area contributed by atoms with Crippen molar-refractivity contribution < 1.29 is 0 Å². The summed E-state index contributed by atoms with van der Waals surface area (Å²) in [6, 6.07) is 22.0. The zero-order valence-corrected chi connectivity index (χ0v) is 11.8. The van der Waals surface area contributed by atoms with Crippen LogP contribution in [0.25, 0.3) is 32.3 Å². The molecular weight excluding hydrogens is 240 g/mol. The Kier molecular flexibility index (Phi) is 2.34. The van der Waals surface area contributed by atoms with Gasteiger partial charge in [-0.05, 0) is 57.3 Å². The van der Waals surface area contributed by atoms with Crippen molar-refractivity contribution in [3.63, 3.8) is 0 Å². The minimum Gasteiger partial charge on any atom is -0.0616 e. The topological polar surface area (TPSA) is 0 Å². The molecule has 4 aromatic carbocycles. The minimum absolute atomic E-state index is 1.35. The van der Waals surface area contributed by atoms with Gasteiger partial charge in [-0.1, -0.05) is 60.7 Å². The highest BCUT2D eigenvalue weighted by molar-refractivity contribution is 6.26. The zero-order valence-electron chi connectivity index (χ0n) is 11.8. The lowest BCUT2D eigenvalue weighted by atomic mass is 9.90. The predicted molar refractivity (Wildman–Crippen MR) is 88.4 cm³/mol. The van der Waals surface area contributed by atoms with Crippen LogP contribution in [0, 0.1) is 13.8 Å². The molecule has 96 valence electrons. The van der Waals surface area contributed by atoms with Crippen molar-refractivity contribution in [1.82, 2.24) is 0 Å². The molecule has 0 aromatic heterocycles. The molecule has 0 atom stereocenters. The highest BCUT2D eigenvalue weighted by Crippen LogP contribution is 2.37. The van der Waals surface area contributed by atoms with E-state index in [4.69, 9.17) is 0 Å². The third-order valence-electron chi connectivity index (χ3n) is 4.44. The monoisotopic (exact) mass is 256 g/mol. The van der Waals surface area contributed by atoms with Gasteiger partial charge >= 0.3 is 0 Å². The summed E-state index contributed by atoms with van der Waals surface area (Å²) in [5, 5.41) is 8.18. The van der Waals surface area contributed by atoms with Gasteiger partial charge in [0.25, 0.3) is 0 Å². The van der Waals surface area contributed by atoms with Crippen LogP contribution < -0.4 is 0 Å². The summed E-state index contributed by atoms with van der Waals surface area (Å²) < 4.78 is 0. The van der Waals surface area contributed by atoms with E-state index >= 15 is 0 Å². The average molecular weight is 256 g/mol. The van der Waals surface area contributed by atoms with Crippen LogP contribution in [-0.2, 0) is 0 Å². The number of benzene rings is 4. The second-order valence-electron chi connectivity index (χ2n) is 5.52. The molecule has 0 heterocycles. The fourth-order valence-electron chi connectivity index (χ4n) is 3.28. The third-order valence-corrected chi connectivity index (χ3v) is 4.44. The van der Waals surface area contributed by atoms with Gasteiger partial charge in [0, 0.05) is 0 Å². The third kappa shape index (κ3) is 1.42. The Labute approximate surface area is 118 Å². The Balaban J connectivity index is 2.46. The minimum atomic E-state index is 1.35. The normalized spacial score (nSPS) is 11.5. The van der Waals surface area contributed by atoms with Gasteiger partial charge in [-0.15, -0.1) is 0 Å². The van der Waals surface area contributed by atoms with E-state index in [1.54, 1.807) is 0 Å². The molecule has 4 rings (SSSR count). The smallest absolute Gasteiger partial charge is 0.00670 e. The highest BCUT2D eigenvalue weighted by Gasteiger charge is 2.10. The van der Waals surface area contributed by atoms with Gasteiger partial charge < -0.3 is 0 Å². The maximum absolute atomic E-state index is 2.27. The SMILES string of the molecule is Cc1ccc2c3ccccc3c3ccccc3c2c1C. The van der Waals surface area contributed by atoms with E-state index in [0.717, 1.165) is 0 Å². The average Bonchev–Trinajstić information content (AvgIpc) is 2.50. The molecule has 0 bridgehead atoms. The van der Waals surface area contributed by atoms with Crippen LogP contribution in [0.5, 0.6) is 0 Å². The fraction of sp³-hybridized carbons (Fsp3) is 0.100. The Bertz CT molecular complexity index is 926. The summed E-state index contributed by atoms with van der Waals surface area (Å²) in [5.74, 6) is 0. The molecule has 0 heteroatoms. The second-order valence-corrected chi connectivity index (χ2v) is 5.52. The first-order chi connectivity index (χ1) is 9.77. The molecule has 0 fully saturated rings. The lowest BCUT2D eigenvalue weighted by Crippen LogP contribution is -1.88. The van der Waals surface area contributed by atoms with Gasteiger partial charge in [0.15, 0.2) is 0 Å². The zero-order chi connectivity index (χ0) is 13.7. The molecular formula is C20H16.